The Morgan fingerprint density at radius 1 is 1.03 bits per heavy atom. The fraction of sp³-hybridized carbons (Fsp3) is 0.292. The summed E-state index contributed by atoms with van der Waals surface area (Å²) in [6, 6.07) is 9.78. The smallest absolute Gasteiger partial charge is 0.258 e. The van der Waals surface area contributed by atoms with E-state index in [9.17, 15) is 4.79 Å². The lowest BCUT2D eigenvalue weighted by Gasteiger charge is -2.29. The van der Waals surface area contributed by atoms with Gasteiger partial charge >= 0.3 is 0 Å². The van der Waals surface area contributed by atoms with Crippen LogP contribution >= 0.6 is 0 Å². The van der Waals surface area contributed by atoms with Gasteiger partial charge in [-0.05, 0) is 56.7 Å². The first-order valence-corrected chi connectivity index (χ1v) is 11.0. The largest absolute Gasteiger partial charge is 0.367 e. The molecule has 9 nitrogen and oxygen atoms in total. The average Bonchev–Trinajstić information content (AvgIpc) is 3.26. The number of carbonyl (C=O) groups is 1. The van der Waals surface area contributed by atoms with Crippen LogP contribution in [0.5, 0.6) is 0 Å². The Morgan fingerprint density at radius 2 is 1.88 bits per heavy atom. The molecule has 0 saturated carbocycles. The highest BCUT2D eigenvalue weighted by Gasteiger charge is 2.17. The van der Waals surface area contributed by atoms with Crippen molar-refractivity contribution in [2.75, 3.05) is 30.8 Å². The summed E-state index contributed by atoms with van der Waals surface area (Å²) in [4.78, 5) is 28.4. The monoisotopic (exact) mass is 442 g/mol. The number of likely N-dealkylation sites (tertiary alicyclic amines) is 1. The van der Waals surface area contributed by atoms with E-state index in [1.807, 2.05) is 37.6 Å². The number of hydrogen-bond acceptors (Lipinski definition) is 7. The normalized spacial score (nSPS) is 15.0. The number of rotatable bonds is 5. The van der Waals surface area contributed by atoms with Crippen LogP contribution in [-0.2, 0) is 7.05 Å². The molecule has 33 heavy (non-hydrogen) atoms. The lowest BCUT2D eigenvalue weighted by atomic mass is 10.1. The second kappa shape index (κ2) is 8.95. The first-order valence-electron chi connectivity index (χ1n) is 11.0. The molecule has 0 spiro atoms. The number of hydrogen-bond donors (Lipinski definition) is 2. The predicted molar refractivity (Wildman–Crippen MR) is 128 cm³/mol. The molecule has 168 valence electrons. The topological polar surface area (TPSA) is 101 Å². The molecule has 4 heterocycles. The molecular weight excluding hydrogens is 416 g/mol. The first kappa shape index (κ1) is 21.0. The molecule has 0 radical (unpaired) electrons. The van der Waals surface area contributed by atoms with Crippen LogP contribution in [0, 0.1) is 0 Å². The van der Waals surface area contributed by atoms with Gasteiger partial charge in [0.25, 0.3) is 5.91 Å². The maximum absolute atomic E-state index is 12.9. The van der Waals surface area contributed by atoms with E-state index in [1.54, 1.807) is 29.2 Å². The fourth-order valence-electron chi connectivity index (χ4n) is 4.02. The van der Waals surface area contributed by atoms with Crippen molar-refractivity contribution in [3.63, 3.8) is 0 Å². The van der Waals surface area contributed by atoms with Crippen LogP contribution in [0.4, 0.5) is 11.8 Å². The zero-order valence-corrected chi connectivity index (χ0v) is 18.7. The summed E-state index contributed by atoms with van der Waals surface area (Å²) in [6.07, 6.45) is 9.23. The van der Waals surface area contributed by atoms with Crippen molar-refractivity contribution >= 4 is 28.6 Å². The number of anilines is 2. The van der Waals surface area contributed by atoms with Gasteiger partial charge < -0.3 is 10.2 Å². The maximum atomic E-state index is 12.9. The minimum Gasteiger partial charge on any atom is -0.367 e. The van der Waals surface area contributed by atoms with E-state index in [4.69, 9.17) is 0 Å². The number of amides is 1. The highest BCUT2D eigenvalue weighted by molar-refractivity contribution is 6.04. The van der Waals surface area contributed by atoms with Crippen LogP contribution in [0.25, 0.3) is 22.0 Å². The highest BCUT2D eigenvalue weighted by atomic mass is 16.1. The Labute approximate surface area is 191 Å². The maximum Gasteiger partial charge on any atom is 0.258 e. The molecule has 1 aromatic carbocycles. The first-order chi connectivity index (χ1) is 16.0. The number of benzene rings is 1. The number of pyridine rings is 1. The van der Waals surface area contributed by atoms with Crippen LogP contribution in [-0.4, -0.2) is 61.7 Å². The lowest BCUT2D eigenvalue weighted by molar-refractivity contribution is 0.102. The van der Waals surface area contributed by atoms with E-state index < -0.39 is 0 Å². The predicted octanol–water partition coefficient (Wildman–Crippen LogP) is 3.18. The Kier molecular flexibility index (Phi) is 5.70. The Hall–Kier alpha value is -3.85. The number of piperidine rings is 1. The van der Waals surface area contributed by atoms with E-state index in [2.05, 4.69) is 42.6 Å². The van der Waals surface area contributed by atoms with Gasteiger partial charge in [0.15, 0.2) is 0 Å². The molecule has 1 aliphatic heterocycles. The van der Waals surface area contributed by atoms with Crippen LogP contribution in [0.3, 0.4) is 0 Å². The number of aromatic nitrogens is 5. The van der Waals surface area contributed by atoms with Gasteiger partial charge in [0.1, 0.15) is 5.82 Å². The third-order valence-corrected chi connectivity index (χ3v) is 5.94. The quantitative estimate of drug-likeness (QED) is 0.489. The molecule has 1 amide bonds. The minimum atomic E-state index is -0.272. The van der Waals surface area contributed by atoms with Gasteiger partial charge in [0.05, 0.1) is 11.7 Å². The van der Waals surface area contributed by atoms with E-state index in [-0.39, 0.29) is 11.9 Å². The van der Waals surface area contributed by atoms with Crippen LogP contribution in [0.15, 0.2) is 55.1 Å². The summed E-state index contributed by atoms with van der Waals surface area (Å²) >= 11 is 0. The van der Waals surface area contributed by atoms with Crippen molar-refractivity contribution < 1.29 is 4.79 Å². The zero-order chi connectivity index (χ0) is 22.8. The van der Waals surface area contributed by atoms with Crippen molar-refractivity contribution in [3.8, 4) is 11.1 Å². The van der Waals surface area contributed by atoms with Crippen LogP contribution in [0.1, 0.15) is 23.2 Å². The van der Waals surface area contributed by atoms with Gasteiger partial charge in [-0.15, -0.1) is 0 Å². The summed E-state index contributed by atoms with van der Waals surface area (Å²) in [7, 11) is 4.02. The molecule has 1 aliphatic rings. The number of aryl methyl sites for hydroxylation is 1. The zero-order valence-electron chi connectivity index (χ0n) is 18.7. The number of nitrogens with zero attached hydrogens (tertiary/aromatic N) is 6. The standard InChI is InChI=1S/C24H26N8O/c1-31-9-6-20(7-10-31)28-22-12-17(5-8-25-22)23(33)30-24-26-13-18-4-3-16(11-21(18)29-24)19-14-27-32(2)15-19/h3-5,8,11-15,20H,6-7,9-10H2,1-2H3,(H,25,28)(H,26,29,30,33). The molecule has 1 saturated heterocycles. The molecule has 1 fully saturated rings. The molecule has 4 aromatic rings. The summed E-state index contributed by atoms with van der Waals surface area (Å²) in [5.74, 6) is 0.696. The SMILES string of the molecule is CN1CCC(Nc2cc(C(=O)Nc3ncc4ccc(-c5cnn(C)c5)cc4n3)ccn2)CC1. The Morgan fingerprint density at radius 3 is 2.67 bits per heavy atom. The summed E-state index contributed by atoms with van der Waals surface area (Å²) < 4.78 is 1.76. The molecule has 9 heteroatoms. The van der Waals surface area contributed by atoms with Crippen molar-refractivity contribution in [1.29, 1.82) is 0 Å². The van der Waals surface area contributed by atoms with Gasteiger partial charge in [-0.3, -0.25) is 14.8 Å². The van der Waals surface area contributed by atoms with Crippen molar-refractivity contribution in [3.05, 3.63) is 60.7 Å². The summed E-state index contributed by atoms with van der Waals surface area (Å²) in [5, 5.41) is 11.4. The van der Waals surface area contributed by atoms with E-state index in [1.165, 1.54) is 0 Å². The summed E-state index contributed by atoms with van der Waals surface area (Å²) in [5.41, 5.74) is 3.27. The third-order valence-electron chi connectivity index (χ3n) is 5.94. The van der Waals surface area contributed by atoms with Crippen LogP contribution < -0.4 is 10.6 Å². The van der Waals surface area contributed by atoms with Gasteiger partial charge in [0, 0.05) is 48.2 Å². The number of nitrogens with one attached hydrogen (secondary N) is 2. The third kappa shape index (κ3) is 4.83. The van der Waals surface area contributed by atoms with E-state index >= 15 is 0 Å². The fourth-order valence-corrected chi connectivity index (χ4v) is 4.02. The second-order valence-electron chi connectivity index (χ2n) is 8.48. The van der Waals surface area contributed by atoms with E-state index in [0.29, 0.717) is 17.4 Å². The van der Waals surface area contributed by atoms with Crippen LogP contribution in [0.2, 0.25) is 0 Å². The molecule has 0 unspecified atom stereocenters. The van der Waals surface area contributed by atoms with Gasteiger partial charge in [-0.1, -0.05) is 12.1 Å². The van der Waals surface area contributed by atoms with Crippen molar-refractivity contribution in [2.45, 2.75) is 18.9 Å². The molecule has 0 aliphatic carbocycles. The van der Waals surface area contributed by atoms with Gasteiger partial charge in [-0.2, -0.15) is 5.10 Å². The number of fused-ring (bicyclic) bond motifs is 1. The van der Waals surface area contributed by atoms with Crippen molar-refractivity contribution in [1.82, 2.24) is 29.6 Å². The molecular formula is C24H26N8O. The van der Waals surface area contributed by atoms with Gasteiger partial charge in [0.2, 0.25) is 5.95 Å². The highest BCUT2D eigenvalue weighted by Crippen LogP contribution is 2.23. The Bertz CT molecular complexity index is 1290. The molecule has 5 rings (SSSR count). The average molecular weight is 443 g/mol. The molecule has 3 aromatic heterocycles. The second-order valence-corrected chi connectivity index (χ2v) is 8.48. The minimum absolute atomic E-state index is 0.262. The molecule has 2 N–H and O–H groups in total. The molecule has 0 bridgehead atoms. The van der Waals surface area contributed by atoms with E-state index in [0.717, 1.165) is 48.0 Å². The lowest BCUT2D eigenvalue weighted by Crippen LogP contribution is -2.36. The van der Waals surface area contributed by atoms with Gasteiger partial charge in [-0.25, -0.2) is 15.0 Å². The Balaban J connectivity index is 1.31. The summed E-state index contributed by atoms with van der Waals surface area (Å²) in [6.45, 7) is 2.11. The molecule has 0 atom stereocenters. The van der Waals surface area contributed by atoms with Crippen molar-refractivity contribution in [2.24, 2.45) is 7.05 Å². The number of carbonyl (C=O) groups excluding carboxylic acids is 1.